The zero-order valence-corrected chi connectivity index (χ0v) is 21.1. The maximum Gasteiger partial charge on any atom is 0.330 e. The third-order valence-corrected chi connectivity index (χ3v) is 5.43. The van der Waals surface area contributed by atoms with Gasteiger partial charge in [-0.2, -0.15) is 0 Å². The average molecular weight is 482 g/mol. The smallest absolute Gasteiger partial charge is 0.330 e. The average Bonchev–Trinajstić information content (AvgIpc) is 3.29. The molecule has 8 nitrogen and oxygen atoms in total. The number of ether oxygens (including phenoxy) is 4. The number of unbranched alkanes of at least 4 members (excludes halogenated alkanes) is 8. The Morgan fingerprint density at radius 1 is 0.853 bits per heavy atom. The van der Waals surface area contributed by atoms with Crippen LogP contribution < -0.4 is 4.57 Å². The topological polar surface area (TPSA) is 79.9 Å². The lowest BCUT2D eigenvalue weighted by atomic mass is 10.1. The third-order valence-electron chi connectivity index (χ3n) is 5.43. The van der Waals surface area contributed by atoms with E-state index < -0.39 is 5.97 Å². The Balaban J connectivity index is 1.85. The molecule has 0 bridgehead atoms. The van der Waals surface area contributed by atoms with Crippen LogP contribution in [0.5, 0.6) is 0 Å². The number of aryl methyl sites for hydroxylation is 1. The first kappa shape index (κ1) is 29.8. The lowest BCUT2D eigenvalue weighted by molar-refractivity contribution is -0.696. The molecule has 34 heavy (non-hydrogen) atoms. The molecular formula is C26H45N2O6+. The van der Waals surface area contributed by atoms with E-state index in [4.69, 9.17) is 18.9 Å². The number of nitrogens with zero attached hydrogens (tertiary/aromatic N) is 2. The predicted molar refractivity (Wildman–Crippen MR) is 130 cm³/mol. The van der Waals surface area contributed by atoms with Gasteiger partial charge < -0.3 is 18.9 Å². The molecule has 0 aromatic carbocycles. The first-order valence-electron chi connectivity index (χ1n) is 12.7. The number of aromatic nitrogens is 2. The van der Waals surface area contributed by atoms with Crippen molar-refractivity contribution in [2.24, 2.45) is 0 Å². The van der Waals surface area contributed by atoms with Crippen molar-refractivity contribution in [2.75, 3.05) is 40.1 Å². The van der Waals surface area contributed by atoms with Crippen LogP contribution in [0.2, 0.25) is 0 Å². The molecule has 0 amide bonds. The van der Waals surface area contributed by atoms with Crippen molar-refractivity contribution in [3.63, 3.8) is 0 Å². The van der Waals surface area contributed by atoms with Gasteiger partial charge in [0, 0.05) is 19.6 Å². The molecule has 0 aliphatic rings. The van der Waals surface area contributed by atoms with Crippen molar-refractivity contribution in [1.82, 2.24) is 4.57 Å². The van der Waals surface area contributed by atoms with Crippen LogP contribution in [-0.4, -0.2) is 56.6 Å². The van der Waals surface area contributed by atoms with Crippen molar-refractivity contribution < 1.29 is 33.1 Å². The summed E-state index contributed by atoms with van der Waals surface area (Å²) in [6, 6.07) is 0. The van der Waals surface area contributed by atoms with Crippen molar-refractivity contribution in [2.45, 2.75) is 83.7 Å². The minimum absolute atomic E-state index is 0.131. The maximum absolute atomic E-state index is 11.7. The first-order valence-corrected chi connectivity index (χ1v) is 12.7. The Hall–Kier alpha value is -2.19. The van der Waals surface area contributed by atoms with E-state index in [1.165, 1.54) is 38.5 Å². The zero-order chi connectivity index (χ0) is 24.7. The molecule has 1 heterocycles. The van der Waals surface area contributed by atoms with Crippen molar-refractivity contribution in [3.05, 3.63) is 31.4 Å². The molecule has 0 saturated carbocycles. The summed E-state index contributed by atoms with van der Waals surface area (Å²) in [6.07, 6.45) is 18.7. The van der Waals surface area contributed by atoms with E-state index in [2.05, 4.69) is 34.4 Å². The molecule has 0 atom stereocenters. The van der Waals surface area contributed by atoms with E-state index in [-0.39, 0.29) is 5.97 Å². The van der Waals surface area contributed by atoms with Crippen molar-refractivity contribution >= 4 is 11.9 Å². The molecule has 0 saturated heterocycles. The number of carbonyl (C=O) groups excluding carboxylic acids is 2. The van der Waals surface area contributed by atoms with Gasteiger partial charge in [-0.1, -0.05) is 38.7 Å². The lowest BCUT2D eigenvalue weighted by Gasteiger charge is -2.05. The van der Waals surface area contributed by atoms with Crippen LogP contribution in [0.25, 0.3) is 0 Å². The second kappa shape index (κ2) is 21.4. The van der Waals surface area contributed by atoms with E-state index >= 15 is 0 Å². The maximum atomic E-state index is 11.7. The highest BCUT2D eigenvalue weighted by Gasteiger charge is 2.05. The number of esters is 2. The monoisotopic (exact) mass is 481 g/mol. The largest absolute Gasteiger partial charge is 0.466 e. The minimum atomic E-state index is -0.418. The second-order valence-electron chi connectivity index (χ2n) is 8.37. The number of hydrogen-bond donors (Lipinski definition) is 0. The Kier molecular flexibility index (Phi) is 18.7. The number of methoxy groups -OCH3 is 1. The summed E-state index contributed by atoms with van der Waals surface area (Å²) in [7, 11) is 1.68. The fourth-order valence-corrected chi connectivity index (χ4v) is 3.44. The van der Waals surface area contributed by atoms with Crippen LogP contribution in [0.15, 0.2) is 31.4 Å². The van der Waals surface area contributed by atoms with E-state index in [9.17, 15) is 9.59 Å². The highest BCUT2D eigenvalue weighted by molar-refractivity contribution is 5.81. The van der Waals surface area contributed by atoms with Gasteiger partial charge >= 0.3 is 11.9 Å². The summed E-state index contributed by atoms with van der Waals surface area (Å²) in [5.74, 6) is -0.549. The van der Waals surface area contributed by atoms with E-state index in [1.807, 2.05) is 0 Å². The quantitative estimate of drug-likeness (QED) is 0.102. The molecule has 0 radical (unpaired) electrons. The van der Waals surface area contributed by atoms with Gasteiger partial charge in [-0.25, -0.2) is 13.9 Å². The number of carbonyl (C=O) groups is 2. The van der Waals surface area contributed by atoms with Crippen LogP contribution in [0, 0.1) is 0 Å². The lowest BCUT2D eigenvalue weighted by Crippen LogP contribution is -2.31. The SMILES string of the molecule is C=CC(=O)OCCCCOC(=O)CCCCCCCCCC[n+]1ccn(CCOCCOC)c1. The van der Waals surface area contributed by atoms with Gasteiger partial charge in [0.2, 0.25) is 6.33 Å². The van der Waals surface area contributed by atoms with E-state index in [0.29, 0.717) is 52.3 Å². The van der Waals surface area contributed by atoms with Gasteiger partial charge in [-0.05, 0) is 32.1 Å². The molecular weight excluding hydrogens is 436 g/mol. The summed E-state index contributed by atoms with van der Waals surface area (Å²) in [5.41, 5.74) is 0. The van der Waals surface area contributed by atoms with Gasteiger partial charge in [0.1, 0.15) is 18.9 Å². The summed E-state index contributed by atoms with van der Waals surface area (Å²) < 4.78 is 24.9. The summed E-state index contributed by atoms with van der Waals surface area (Å²) in [6.45, 7) is 7.96. The van der Waals surface area contributed by atoms with Crippen LogP contribution in [0.3, 0.4) is 0 Å². The molecule has 1 aromatic heterocycles. The summed E-state index contributed by atoms with van der Waals surface area (Å²) >= 11 is 0. The van der Waals surface area contributed by atoms with Crippen LogP contribution in [0.4, 0.5) is 0 Å². The second-order valence-corrected chi connectivity index (χ2v) is 8.37. The first-order chi connectivity index (χ1) is 16.7. The highest BCUT2D eigenvalue weighted by atomic mass is 16.5. The third kappa shape index (κ3) is 17.3. The molecule has 0 N–H and O–H groups in total. The highest BCUT2D eigenvalue weighted by Crippen LogP contribution is 2.10. The Morgan fingerprint density at radius 3 is 2.24 bits per heavy atom. The van der Waals surface area contributed by atoms with E-state index in [1.54, 1.807) is 7.11 Å². The normalized spacial score (nSPS) is 10.9. The molecule has 0 fully saturated rings. The molecule has 8 heteroatoms. The molecule has 0 spiro atoms. The summed E-state index contributed by atoms with van der Waals surface area (Å²) in [5, 5.41) is 0. The number of rotatable bonds is 23. The molecule has 0 unspecified atom stereocenters. The van der Waals surface area contributed by atoms with Crippen LogP contribution in [0.1, 0.15) is 70.6 Å². The Labute approximate surface area is 205 Å². The van der Waals surface area contributed by atoms with Gasteiger partial charge in [0.25, 0.3) is 0 Å². The van der Waals surface area contributed by atoms with Gasteiger partial charge in [0.05, 0.1) is 39.6 Å². The predicted octanol–water partition coefficient (Wildman–Crippen LogP) is 4.00. The summed E-state index contributed by atoms with van der Waals surface area (Å²) in [4.78, 5) is 22.6. The molecule has 0 aliphatic heterocycles. The Bertz CT molecular complexity index is 661. The fraction of sp³-hybridized carbons (Fsp3) is 0.731. The van der Waals surface area contributed by atoms with Crippen LogP contribution in [-0.2, 0) is 41.6 Å². The van der Waals surface area contributed by atoms with E-state index in [0.717, 1.165) is 32.0 Å². The molecule has 194 valence electrons. The fourth-order valence-electron chi connectivity index (χ4n) is 3.44. The van der Waals surface area contributed by atoms with Crippen molar-refractivity contribution in [1.29, 1.82) is 0 Å². The van der Waals surface area contributed by atoms with Crippen LogP contribution >= 0.6 is 0 Å². The van der Waals surface area contributed by atoms with Crippen molar-refractivity contribution in [3.8, 4) is 0 Å². The molecule has 1 rings (SSSR count). The Morgan fingerprint density at radius 2 is 1.53 bits per heavy atom. The van der Waals surface area contributed by atoms with Gasteiger partial charge in [0.15, 0.2) is 0 Å². The molecule has 0 aliphatic carbocycles. The number of imidazole rings is 1. The number of hydrogen-bond acceptors (Lipinski definition) is 6. The zero-order valence-electron chi connectivity index (χ0n) is 21.1. The standard InChI is InChI=1S/C26H45N2O6/c1-3-25(29)33-19-12-13-20-34-26(30)14-10-8-6-4-5-7-9-11-15-27-16-17-28(24-27)18-21-32-23-22-31-2/h3,16-17,24H,1,4-15,18-23H2,2H3/q+1. The van der Waals surface area contributed by atoms with Gasteiger partial charge in [-0.3, -0.25) is 4.79 Å². The minimum Gasteiger partial charge on any atom is -0.466 e. The molecule has 1 aromatic rings. The van der Waals surface area contributed by atoms with Gasteiger partial charge in [-0.15, -0.1) is 0 Å².